The number of hydrogen-bond donors (Lipinski definition) is 0. The van der Waals surface area contributed by atoms with Crippen LogP contribution in [0.25, 0.3) is 11.4 Å². The topological polar surface area (TPSA) is 38.7 Å². The first-order valence-electron chi connectivity index (χ1n) is 8.80. The number of allylic oxidation sites excluding steroid dienone is 2. The fraction of sp³-hybridized carbons (Fsp3) is 0.476. The molecule has 126 valence electrons. The smallest absolute Gasteiger partial charge is 0.163 e. The van der Waals surface area contributed by atoms with Crippen molar-refractivity contribution >= 4 is 0 Å². The molecular weight excluding hydrogens is 294 g/mol. The van der Waals surface area contributed by atoms with Gasteiger partial charge in [-0.05, 0) is 44.7 Å². The Morgan fingerprint density at radius 1 is 1.04 bits per heavy atom. The Hall–Kier alpha value is -2.03. The number of benzene rings is 1. The van der Waals surface area contributed by atoms with Gasteiger partial charge in [0.1, 0.15) is 11.6 Å². The molecule has 1 aliphatic heterocycles. The third-order valence-electron chi connectivity index (χ3n) is 4.44. The molecule has 0 radical (unpaired) electrons. The molecule has 0 spiro atoms. The predicted octanol–water partition coefficient (Wildman–Crippen LogP) is 5.01. The second-order valence-corrected chi connectivity index (χ2v) is 8.27. The van der Waals surface area contributed by atoms with E-state index in [1.165, 1.54) is 5.56 Å². The largest absolute Gasteiger partial charge is 0.216 e. The lowest BCUT2D eigenvalue weighted by Gasteiger charge is -2.24. The van der Waals surface area contributed by atoms with E-state index >= 15 is 0 Å². The Morgan fingerprint density at radius 3 is 2.58 bits per heavy atom. The number of hydrogen-bond acceptors (Lipinski definition) is 3. The van der Waals surface area contributed by atoms with Crippen LogP contribution in [0.1, 0.15) is 64.7 Å². The molecule has 24 heavy (non-hydrogen) atoms. The van der Waals surface area contributed by atoms with E-state index in [1.54, 1.807) is 0 Å². The van der Waals surface area contributed by atoms with Crippen molar-refractivity contribution in [2.75, 3.05) is 0 Å². The highest BCUT2D eigenvalue weighted by atomic mass is 15.1. The van der Waals surface area contributed by atoms with Crippen LogP contribution in [0.4, 0.5) is 0 Å². The first-order chi connectivity index (χ1) is 11.3. The molecule has 1 aromatic heterocycles. The van der Waals surface area contributed by atoms with E-state index in [-0.39, 0.29) is 10.8 Å². The van der Waals surface area contributed by atoms with Crippen LogP contribution >= 0.6 is 0 Å². The molecule has 0 aliphatic carbocycles. The monoisotopic (exact) mass is 321 g/mol. The zero-order valence-electron chi connectivity index (χ0n) is 15.4. The van der Waals surface area contributed by atoms with E-state index in [9.17, 15) is 0 Å². The Kier molecular flexibility index (Phi) is 4.29. The predicted molar refractivity (Wildman–Crippen MR) is 99.1 cm³/mol. The lowest BCUT2D eigenvalue weighted by molar-refractivity contribution is 0.517. The van der Waals surface area contributed by atoms with Crippen LogP contribution in [-0.4, -0.2) is 15.0 Å². The normalized spacial score (nSPS) is 18.4. The van der Waals surface area contributed by atoms with Gasteiger partial charge in [0.05, 0.1) is 0 Å². The van der Waals surface area contributed by atoms with E-state index in [0.29, 0.717) is 0 Å². The summed E-state index contributed by atoms with van der Waals surface area (Å²) in [6, 6.07) is 8.63. The number of nitrogens with zero attached hydrogens (tertiary/aromatic N) is 3. The number of aromatic nitrogens is 3. The average Bonchev–Trinajstić information content (AvgIpc) is 2.53. The van der Waals surface area contributed by atoms with Crippen molar-refractivity contribution in [3.05, 3.63) is 53.6 Å². The first kappa shape index (κ1) is 16.8. The average molecular weight is 321 g/mol. The molecule has 0 saturated heterocycles. The van der Waals surface area contributed by atoms with Gasteiger partial charge in [-0.1, -0.05) is 51.1 Å². The molecule has 0 atom stereocenters. The van der Waals surface area contributed by atoms with Crippen molar-refractivity contribution in [1.29, 1.82) is 0 Å². The number of aryl methyl sites for hydroxylation is 1. The second kappa shape index (κ2) is 6.12. The van der Waals surface area contributed by atoms with Crippen molar-refractivity contribution in [2.24, 2.45) is 0 Å². The molecule has 1 aliphatic rings. The minimum atomic E-state index is -0.200. The van der Waals surface area contributed by atoms with Gasteiger partial charge in [0.15, 0.2) is 5.82 Å². The fourth-order valence-electron chi connectivity index (χ4n) is 2.87. The van der Waals surface area contributed by atoms with Crippen LogP contribution in [0, 0.1) is 0 Å². The molecule has 0 unspecified atom stereocenters. The van der Waals surface area contributed by atoms with Crippen molar-refractivity contribution in [3.63, 3.8) is 0 Å². The molecule has 3 heteroatoms. The SMILES string of the molecule is CC(C)(C)c1nc2nc(n1)C(C)(C)/C=C\CCCc1cccc-2c1. The van der Waals surface area contributed by atoms with Crippen molar-refractivity contribution in [2.45, 2.75) is 64.7 Å². The van der Waals surface area contributed by atoms with Gasteiger partial charge in [-0.3, -0.25) is 0 Å². The lowest BCUT2D eigenvalue weighted by Crippen LogP contribution is -2.25. The zero-order valence-corrected chi connectivity index (χ0v) is 15.4. The highest BCUT2D eigenvalue weighted by Gasteiger charge is 2.27. The first-order valence-corrected chi connectivity index (χ1v) is 8.80. The molecule has 0 saturated carbocycles. The van der Waals surface area contributed by atoms with Crippen LogP contribution in [0.5, 0.6) is 0 Å². The summed E-state index contributed by atoms with van der Waals surface area (Å²) in [7, 11) is 0. The van der Waals surface area contributed by atoms with Crippen LogP contribution in [0.2, 0.25) is 0 Å². The van der Waals surface area contributed by atoms with Gasteiger partial charge in [0.2, 0.25) is 0 Å². The van der Waals surface area contributed by atoms with E-state index < -0.39 is 0 Å². The minimum absolute atomic E-state index is 0.110. The van der Waals surface area contributed by atoms with E-state index in [0.717, 1.165) is 42.3 Å². The highest BCUT2D eigenvalue weighted by molar-refractivity contribution is 5.56. The third kappa shape index (κ3) is 3.55. The summed E-state index contributed by atoms with van der Waals surface area (Å²) in [6.45, 7) is 10.8. The summed E-state index contributed by atoms with van der Waals surface area (Å²) >= 11 is 0. The minimum Gasteiger partial charge on any atom is -0.216 e. The third-order valence-corrected chi connectivity index (χ3v) is 4.44. The maximum atomic E-state index is 4.83. The Labute approximate surface area is 145 Å². The van der Waals surface area contributed by atoms with E-state index in [4.69, 9.17) is 15.0 Å². The van der Waals surface area contributed by atoms with Gasteiger partial charge in [0, 0.05) is 16.4 Å². The zero-order chi connectivity index (χ0) is 17.4. The van der Waals surface area contributed by atoms with Crippen molar-refractivity contribution < 1.29 is 0 Å². The second-order valence-electron chi connectivity index (χ2n) is 8.27. The molecule has 4 bridgehead atoms. The molecule has 1 aromatic carbocycles. The van der Waals surface area contributed by atoms with Crippen LogP contribution in [0.15, 0.2) is 36.4 Å². The molecule has 0 N–H and O–H groups in total. The Bertz CT molecular complexity index is 767. The van der Waals surface area contributed by atoms with Gasteiger partial charge in [-0.25, -0.2) is 15.0 Å². The number of fused-ring (bicyclic) bond motifs is 5. The molecule has 2 heterocycles. The van der Waals surface area contributed by atoms with E-state index in [2.05, 4.69) is 71.0 Å². The summed E-state index contributed by atoms with van der Waals surface area (Å²) in [5.41, 5.74) is 2.12. The van der Waals surface area contributed by atoms with Crippen LogP contribution < -0.4 is 0 Å². The summed E-state index contributed by atoms with van der Waals surface area (Å²) in [6.07, 6.45) is 7.84. The van der Waals surface area contributed by atoms with Crippen molar-refractivity contribution in [1.82, 2.24) is 15.0 Å². The summed E-state index contributed by atoms with van der Waals surface area (Å²) in [5, 5.41) is 0. The van der Waals surface area contributed by atoms with Crippen LogP contribution in [-0.2, 0) is 17.3 Å². The summed E-state index contributed by atoms with van der Waals surface area (Å²) in [5.74, 6) is 2.49. The molecular formula is C21H27N3. The maximum Gasteiger partial charge on any atom is 0.163 e. The van der Waals surface area contributed by atoms with Crippen LogP contribution in [0.3, 0.4) is 0 Å². The Morgan fingerprint density at radius 2 is 1.83 bits per heavy atom. The lowest BCUT2D eigenvalue weighted by atomic mass is 9.89. The molecule has 0 fully saturated rings. The van der Waals surface area contributed by atoms with E-state index in [1.807, 2.05) is 0 Å². The molecule has 3 rings (SSSR count). The highest BCUT2D eigenvalue weighted by Crippen LogP contribution is 2.28. The standard InChI is InChI=1S/C21H27N3/c1-20(2,3)18-22-17-16-12-9-11-15(14-16)10-7-6-8-13-21(4,5)19(23-17)24-18/h8-9,11-14H,6-7,10H2,1-5H3/b13-8-. The molecule has 3 nitrogen and oxygen atoms in total. The van der Waals surface area contributed by atoms with Crippen molar-refractivity contribution in [3.8, 4) is 11.4 Å². The molecule has 0 amide bonds. The Balaban J connectivity index is 2.25. The fourth-order valence-corrected chi connectivity index (χ4v) is 2.87. The van der Waals surface area contributed by atoms with Gasteiger partial charge in [-0.2, -0.15) is 0 Å². The van der Waals surface area contributed by atoms with Gasteiger partial charge < -0.3 is 0 Å². The molecule has 2 aromatic rings. The summed E-state index contributed by atoms with van der Waals surface area (Å²) in [4.78, 5) is 14.5. The van der Waals surface area contributed by atoms with Gasteiger partial charge >= 0.3 is 0 Å². The maximum absolute atomic E-state index is 4.83. The van der Waals surface area contributed by atoms with Gasteiger partial charge in [-0.15, -0.1) is 0 Å². The number of rotatable bonds is 0. The quantitative estimate of drug-likeness (QED) is 0.640. The summed E-state index contributed by atoms with van der Waals surface area (Å²) < 4.78 is 0. The van der Waals surface area contributed by atoms with Gasteiger partial charge in [0.25, 0.3) is 0 Å².